The van der Waals surface area contributed by atoms with Gasteiger partial charge < -0.3 is 14.4 Å². The maximum atomic E-state index is 6.36. The fourth-order valence-electron chi connectivity index (χ4n) is 4.94. The van der Waals surface area contributed by atoms with Gasteiger partial charge in [0.2, 0.25) is 0 Å². The minimum Gasteiger partial charge on any atom is -0.498 e. The van der Waals surface area contributed by atoms with Crippen LogP contribution in [0.25, 0.3) is 55.4 Å². The molecule has 7 aromatic rings. The predicted octanol–water partition coefficient (Wildman–Crippen LogP) is 9.13. The van der Waals surface area contributed by atoms with Crippen LogP contribution in [-0.2, 0) is 26.5 Å². The van der Waals surface area contributed by atoms with Crippen molar-refractivity contribution in [2.24, 2.45) is 5.41 Å². The molecule has 0 fully saturated rings. The second-order valence-electron chi connectivity index (χ2n) is 11.0. The van der Waals surface area contributed by atoms with Crippen LogP contribution in [0.3, 0.4) is 0 Å². The van der Waals surface area contributed by atoms with Crippen LogP contribution in [0.1, 0.15) is 26.3 Å². The van der Waals surface area contributed by atoms with Crippen LogP contribution < -0.4 is 0 Å². The van der Waals surface area contributed by atoms with Gasteiger partial charge >= 0.3 is 0 Å². The van der Waals surface area contributed by atoms with Crippen LogP contribution in [0.4, 0.5) is 0 Å². The quantitative estimate of drug-likeness (QED) is 0.172. The summed E-state index contributed by atoms with van der Waals surface area (Å²) in [4.78, 5) is 13.4. The van der Waals surface area contributed by atoms with Crippen molar-refractivity contribution in [1.29, 1.82) is 0 Å². The Balaban J connectivity index is 0.000000218. The first kappa shape index (κ1) is 28.4. The van der Waals surface area contributed by atoms with E-state index >= 15 is 0 Å². The average molecular weight is 712 g/mol. The number of nitrogens with zero attached hydrogens (tertiary/aromatic N) is 3. The predicted molar refractivity (Wildman–Crippen MR) is 163 cm³/mol. The first-order valence-electron chi connectivity index (χ1n) is 13.4. The normalized spacial score (nSPS) is 11.2. The van der Waals surface area contributed by atoms with Crippen LogP contribution in [0, 0.1) is 17.5 Å². The molecule has 4 nitrogen and oxygen atoms in total. The molecule has 0 aliphatic rings. The molecule has 3 aromatic carbocycles. The van der Waals surface area contributed by atoms with Crippen molar-refractivity contribution >= 4 is 32.8 Å². The van der Waals surface area contributed by atoms with Crippen molar-refractivity contribution in [2.45, 2.75) is 27.2 Å². The zero-order valence-corrected chi connectivity index (χ0v) is 25.6. The summed E-state index contributed by atoms with van der Waals surface area (Å²) >= 11 is 0. The van der Waals surface area contributed by atoms with Gasteiger partial charge in [-0.2, -0.15) is 0 Å². The van der Waals surface area contributed by atoms with Gasteiger partial charge in [0.15, 0.2) is 0 Å². The Morgan fingerprint density at radius 3 is 2.27 bits per heavy atom. The smallest absolute Gasteiger partial charge is 0.147 e. The van der Waals surface area contributed by atoms with Crippen molar-refractivity contribution < 1.29 is 24.5 Å². The summed E-state index contributed by atoms with van der Waals surface area (Å²) in [5.74, 6) is 0. The Morgan fingerprint density at radius 1 is 0.683 bits per heavy atom. The van der Waals surface area contributed by atoms with Gasteiger partial charge in [0.25, 0.3) is 0 Å². The zero-order valence-electron chi connectivity index (χ0n) is 23.2. The third-order valence-electron chi connectivity index (χ3n) is 6.64. The standard InChI is InChI=1S/C25H21N2O.C11H8N.Ir/c1-25(2,3)15-16-11-13-26-21(14-16)20-8-4-7-18-19-10-9-17-6-5-12-27-22(17)24(19)28-23(18)20;1-2-6-10(7-3-1)11-8-4-5-9-12-11;/h4-7,9-14H,15H2,1-3H3;1-6,8-9H;/q2*-1;. The molecule has 4 aromatic heterocycles. The number of rotatable bonds is 3. The molecule has 0 N–H and O–H groups in total. The molecule has 0 saturated heterocycles. The van der Waals surface area contributed by atoms with Gasteiger partial charge in [-0.3, -0.25) is 4.98 Å². The topological polar surface area (TPSA) is 51.8 Å². The molecule has 0 bridgehead atoms. The van der Waals surface area contributed by atoms with Gasteiger partial charge in [-0.05, 0) is 41.4 Å². The van der Waals surface area contributed by atoms with Crippen molar-refractivity contribution in [3.8, 4) is 22.5 Å². The van der Waals surface area contributed by atoms with Gasteiger partial charge in [-0.25, -0.2) is 0 Å². The molecule has 4 heterocycles. The third kappa shape index (κ3) is 6.27. The molecule has 41 heavy (non-hydrogen) atoms. The average Bonchev–Trinajstić information content (AvgIpc) is 3.37. The summed E-state index contributed by atoms with van der Waals surface area (Å²) in [5.41, 5.74) is 7.81. The number of hydrogen-bond acceptors (Lipinski definition) is 4. The van der Waals surface area contributed by atoms with E-state index in [2.05, 4.69) is 84.3 Å². The van der Waals surface area contributed by atoms with Crippen LogP contribution in [0.5, 0.6) is 0 Å². The van der Waals surface area contributed by atoms with Gasteiger partial charge in [-0.15, -0.1) is 54.1 Å². The Labute approximate surface area is 253 Å². The number of aromatic nitrogens is 3. The molecule has 7 rings (SSSR count). The minimum atomic E-state index is 0. The van der Waals surface area contributed by atoms with Gasteiger partial charge in [-0.1, -0.05) is 73.7 Å². The maximum Gasteiger partial charge on any atom is 0.147 e. The van der Waals surface area contributed by atoms with E-state index in [1.807, 2.05) is 60.8 Å². The molecule has 1 radical (unpaired) electrons. The summed E-state index contributed by atoms with van der Waals surface area (Å²) < 4.78 is 6.36. The van der Waals surface area contributed by atoms with Crippen LogP contribution in [0.2, 0.25) is 0 Å². The second-order valence-corrected chi connectivity index (χ2v) is 11.0. The van der Waals surface area contributed by atoms with E-state index in [0.29, 0.717) is 0 Å². The largest absolute Gasteiger partial charge is 0.498 e. The molecule has 0 aliphatic heterocycles. The summed E-state index contributed by atoms with van der Waals surface area (Å²) in [6, 6.07) is 36.6. The number of benzene rings is 3. The van der Waals surface area contributed by atoms with Crippen molar-refractivity contribution in [3.63, 3.8) is 0 Å². The van der Waals surface area contributed by atoms with E-state index in [-0.39, 0.29) is 25.5 Å². The number of pyridine rings is 3. The first-order chi connectivity index (χ1) is 19.5. The minimum absolute atomic E-state index is 0. The molecule has 0 aliphatic carbocycles. The third-order valence-corrected chi connectivity index (χ3v) is 6.64. The molecule has 0 saturated carbocycles. The Kier molecular flexibility index (Phi) is 8.39. The van der Waals surface area contributed by atoms with E-state index in [1.165, 1.54) is 5.56 Å². The van der Waals surface area contributed by atoms with Gasteiger partial charge in [0, 0.05) is 49.5 Å². The van der Waals surface area contributed by atoms with E-state index < -0.39 is 0 Å². The number of furan rings is 1. The SMILES string of the molecule is CC(C)(C)Cc1ccnc(-c2[c-]ccc3c2oc2c3ccc3cccnc32)c1.[Ir].[c-]1ccccc1-c1ccccn1. The van der Waals surface area contributed by atoms with E-state index in [9.17, 15) is 0 Å². The number of fused-ring (bicyclic) bond motifs is 5. The summed E-state index contributed by atoms with van der Waals surface area (Å²) in [7, 11) is 0. The Bertz CT molecular complexity index is 1870. The summed E-state index contributed by atoms with van der Waals surface area (Å²) in [5, 5.41) is 3.21. The Morgan fingerprint density at radius 2 is 1.49 bits per heavy atom. The zero-order chi connectivity index (χ0) is 27.5. The van der Waals surface area contributed by atoms with Crippen molar-refractivity contribution in [2.75, 3.05) is 0 Å². The van der Waals surface area contributed by atoms with Gasteiger partial charge in [0.1, 0.15) is 11.1 Å². The monoisotopic (exact) mass is 712 g/mol. The Hall–Kier alpha value is -4.18. The fourth-order valence-corrected chi connectivity index (χ4v) is 4.94. The van der Waals surface area contributed by atoms with E-state index in [0.717, 1.165) is 61.8 Å². The number of hydrogen-bond donors (Lipinski definition) is 0. The van der Waals surface area contributed by atoms with Crippen LogP contribution in [0.15, 0.2) is 114 Å². The van der Waals surface area contributed by atoms with Crippen molar-refractivity contribution in [3.05, 3.63) is 127 Å². The molecule has 0 amide bonds. The summed E-state index contributed by atoms with van der Waals surface area (Å²) in [6.45, 7) is 6.74. The second kappa shape index (κ2) is 12.1. The maximum absolute atomic E-state index is 6.36. The van der Waals surface area contributed by atoms with E-state index in [1.54, 1.807) is 12.4 Å². The fraction of sp³-hybridized carbons (Fsp3) is 0.139. The van der Waals surface area contributed by atoms with Gasteiger partial charge in [0.05, 0.1) is 5.58 Å². The molecule has 0 atom stereocenters. The molecule has 5 heteroatoms. The molecular formula is C36H29IrN3O-2. The van der Waals surface area contributed by atoms with Crippen molar-refractivity contribution in [1.82, 2.24) is 15.0 Å². The van der Waals surface area contributed by atoms with Crippen LogP contribution >= 0.6 is 0 Å². The van der Waals surface area contributed by atoms with E-state index in [4.69, 9.17) is 4.42 Å². The molecule has 0 spiro atoms. The first-order valence-corrected chi connectivity index (χ1v) is 13.4. The summed E-state index contributed by atoms with van der Waals surface area (Å²) in [6.07, 6.45) is 6.46. The molecule has 205 valence electrons. The molecule has 0 unspecified atom stereocenters. The molecular weight excluding hydrogens is 683 g/mol. The van der Waals surface area contributed by atoms with Crippen LogP contribution in [-0.4, -0.2) is 15.0 Å².